The molecule has 1 N–H and O–H groups in total. The molecule has 1 aliphatic heterocycles. The van der Waals surface area contributed by atoms with Crippen LogP contribution in [0.25, 0.3) is 16.0 Å². The summed E-state index contributed by atoms with van der Waals surface area (Å²) in [7, 11) is 0. The number of unbranched alkanes of at least 4 members (excludes halogenated alkanes) is 1. The van der Waals surface area contributed by atoms with Gasteiger partial charge in [-0.05, 0) is 66.6 Å². The highest BCUT2D eigenvalue weighted by atomic mass is 35.5. The molecule has 1 saturated heterocycles. The van der Waals surface area contributed by atoms with Gasteiger partial charge in [-0.25, -0.2) is 9.37 Å². The van der Waals surface area contributed by atoms with E-state index >= 15 is 0 Å². The van der Waals surface area contributed by atoms with Crippen LogP contribution >= 0.6 is 22.9 Å². The lowest BCUT2D eigenvalue weighted by Gasteiger charge is -2.23. The number of benzene rings is 3. The Balaban J connectivity index is 1.67. The number of ether oxygens (including phenoxy) is 1. The van der Waals surface area contributed by atoms with E-state index in [0.29, 0.717) is 38.7 Å². The monoisotopic (exact) mass is 536 g/mol. The number of ketones is 1. The maximum absolute atomic E-state index is 13.8. The Morgan fingerprint density at radius 1 is 1.14 bits per heavy atom. The number of aliphatic hydroxyl groups is 1. The lowest BCUT2D eigenvalue weighted by molar-refractivity contribution is -0.132. The number of carbonyl (C=O) groups is 2. The van der Waals surface area contributed by atoms with Crippen LogP contribution in [0.2, 0.25) is 5.02 Å². The smallest absolute Gasteiger partial charge is 0.301 e. The SMILES string of the molecule is CCCCOc1cccc(C2C(=C(O)c3ccc(Cl)cc3)C(=O)C(=O)N2c2nc3ccc(F)cc3s2)c1. The number of fused-ring (bicyclic) bond motifs is 1. The molecule has 0 radical (unpaired) electrons. The van der Waals surface area contributed by atoms with Gasteiger partial charge >= 0.3 is 5.91 Å². The van der Waals surface area contributed by atoms with E-state index in [1.54, 1.807) is 48.5 Å². The van der Waals surface area contributed by atoms with Crippen molar-refractivity contribution in [1.29, 1.82) is 0 Å². The minimum Gasteiger partial charge on any atom is -0.507 e. The maximum Gasteiger partial charge on any atom is 0.301 e. The molecule has 1 unspecified atom stereocenters. The molecule has 5 rings (SSSR count). The van der Waals surface area contributed by atoms with Crippen molar-refractivity contribution >= 4 is 55.7 Å². The summed E-state index contributed by atoms with van der Waals surface area (Å²) in [6.07, 6.45) is 1.85. The first-order chi connectivity index (χ1) is 17.9. The van der Waals surface area contributed by atoms with Gasteiger partial charge in [0.25, 0.3) is 5.78 Å². The van der Waals surface area contributed by atoms with Gasteiger partial charge in [-0.2, -0.15) is 0 Å². The summed E-state index contributed by atoms with van der Waals surface area (Å²) in [4.78, 5) is 32.5. The van der Waals surface area contributed by atoms with Gasteiger partial charge in [0.2, 0.25) is 0 Å². The highest BCUT2D eigenvalue weighted by Gasteiger charge is 2.48. The third-order valence-corrected chi connectivity index (χ3v) is 7.32. The summed E-state index contributed by atoms with van der Waals surface area (Å²) in [6, 6.07) is 16.6. The molecule has 37 heavy (non-hydrogen) atoms. The Kier molecular flexibility index (Phi) is 6.95. The van der Waals surface area contributed by atoms with Crippen molar-refractivity contribution in [3.05, 3.63) is 94.3 Å². The first-order valence-electron chi connectivity index (χ1n) is 11.7. The molecule has 1 aromatic heterocycles. The predicted octanol–water partition coefficient (Wildman–Crippen LogP) is 6.89. The molecule has 2 heterocycles. The third kappa shape index (κ3) is 4.82. The van der Waals surface area contributed by atoms with Crippen LogP contribution in [0.3, 0.4) is 0 Å². The Bertz CT molecular complexity index is 1530. The summed E-state index contributed by atoms with van der Waals surface area (Å²) in [6.45, 7) is 2.59. The van der Waals surface area contributed by atoms with Crippen molar-refractivity contribution in [3.63, 3.8) is 0 Å². The minimum absolute atomic E-state index is 0.0801. The maximum atomic E-state index is 13.8. The van der Waals surface area contributed by atoms with Gasteiger partial charge in [-0.1, -0.05) is 48.4 Å². The van der Waals surface area contributed by atoms with E-state index in [9.17, 15) is 19.1 Å². The van der Waals surface area contributed by atoms with E-state index < -0.39 is 23.5 Å². The molecular formula is C28H22ClFN2O4S. The second-order valence-corrected chi connectivity index (χ2v) is 10.0. The molecule has 0 saturated carbocycles. The summed E-state index contributed by atoms with van der Waals surface area (Å²) < 4.78 is 20.2. The number of thiazole rings is 1. The first kappa shape index (κ1) is 24.9. The molecule has 4 aromatic rings. The van der Waals surface area contributed by atoms with Crippen LogP contribution in [0.15, 0.2) is 72.3 Å². The summed E-state index contributed by atoms with van der Waals surface area (Å²) in [5.74, 6) is -1.86. The van der Waals surface area contributed by atoms with E-state index in [1.807, 2.05) is 0 Å². The van der Waals surface area contributed by atoms with Gasteiger partial charge < -0.3 is 9.84 Å². The highest BCUT2D eigenvalue weighted by molar-refractivity contribution is 7.22. The van der Waals surface area contributed by atoms with E-state index in [0.717, 1.165) is 24.2 Å². The number of rotatable bonds is 7. The van der Waals surface area contributed by atoms with Gasteiger partial charge in [0.1, 0.15) is 17.3 Å². The lowest BCUT2D eigenvalue weighted by atomic mass is 9.95. The van der Waals surface area contributed by atoms with Gasteiger partial charge in [0.15, 0.2) is 5.13 Å². The minimum atomic E-state index is -0.976. The average Bonchev–Trinajstić information content (AvgIpc) is 3.42. The third-order valence-electron chi connectivity index (χ3n) is 6.05. The van der Waals surface area contributed by atoms with Crippen molar-refractivity contribution in [2.24, 2.45) is 0 Å². The molecule has 3 aromatic carbocycles. The van der Waals surface area contributed by atoms with Crippen molar-refractivity contribution in [1.82, 2.24) is 4.98 Å². The van der Waals surface area contributed by atoms with Crippen molar-refractivity contribution in [2.75, 3.05) is 11.5 Å². The largest absolute Gasteiger partial charge is 0.507 e. The van der Waals surface area contributed by atoms with Gasteiger partial charge in [-0.3, -0.25) is 14.5 Å². The fraction of sp³-hybridized carbons (Fsp3) is 0.179. The number of carbonyl (C=O) groups excluding carboxylic acids is 2. The number of aromatic nitrogens is 1. The van der Waals surface area contributed by atoms with Crippen LogP contribution < -0.4 is 9.64 Å². The number of hydrogen-bond acceptors (Lipinski definition) is 6. The van der Waals surface area contributed by atoms with E-state index in [4.69, 9.17) is 16.3 Å². The summed E-state index contributed by atoms with van der Waals surface area (Å²) in [5.41, 5.74) is 1.32. The Morgan fingerprint density at radius 2 is 1.92 bits per heavy atom. The molecule has 1 aliphatic rings. The van der Waals surface area contributed by atoms with Crippen LogP contribution in [0, 0.1) is 5.82 Å². The quantitative estimate of drug-likeness (QED) is 0.120. The van der Waals surface area contributed by atoms with E-state index in [2.05, 4.69) is 11.9 Å². The standard InChI is InChI=1S/C28H22ClFN2O4S/c1-2-3-13-36-20-6-4-5-17(14-20)24-23(25(33)16-7-9-18(29)10-8-16)26(34)27(35)32(24)28-31-21-12-11-19(30)15-22(21)37-28/h4-12,14-15,24,33H,2-3,13H2,1H3. The number of halogens is 2. The Hall–Kier alpha value is -3.75. The Labute approximate surface area is 221 Å². The molecule has 0 spiro atoms. The zero-order chi connectivity index (χ0) is 26.1. The zero-order valence-electron chi connectivity index (χ0n) is 19.8. The van der Waals surface area contributed by atoms with Gasteiger partial charge in [0.05, 0.1) is 28.4 Å². The van der Waals surface area contributed by atoms with Crippen molar-refractivity contribution in [2.45, 2.75) is 25.8 Å². The highest BCUT2D eigenvalue weighted by Crippen LogP contribution is 2.45. The van der Waals surface area contributed by atoms with Gasteiger partial charge in [-0.15, -0.1) is 0 Å². The predicted molar refractivity (Wildman–Crippen MR) is 143 cm³/mol. The topological polar surface area (TPSA) is 79.7 Å². The van der Waals surface area contributed by atoms with Gasteiger partial charge in [0, 0.05) is 10.6 Å². The number of hydrogen-bond donors (Lipinski definition) is 1. The van der Waals surface area contributed by atoms with Crippen LogP contribution in [0.1, 0.15) is 36.9 Å². The lowest BCUT2D eigenvalue weighted by Crippen LogP contribution is -2.29. The van der Waals surface area contributed by atoms with Crippen LogP contribution in [0.4, 0.5) is 9.52 Å². The number of anilines is 1. The van der Waals surface area contributed by atoms with Crippen LogP contribution in [-0.2, 0) is 9.59 Å². The molecule has 0 aliphatic carbocycles. The number of nitrogens with zero attached hydrogens (tertiary/aromatic N) is 2. The molecule has 188 valence electrons. The van der Waals surface area contributed by atoms with E-state index in [1.165, 1.54) is 23.1 Å². The van der Waals surface area contributed by atoms with Crippen LogP contribution in [-0.4, -0.2) is 28.4 Å². The number of Topliss-reactive ketones (excluding diaryl/α,β-unsaturated/α-hetero) is 1. The molecule has 9 heteroatoms. The second-order valence-electron chi connectivity index (χ2n) is 8.56. The van der Waals surface area contributed by atoms with E-state index in [-0.39, 0.29) is 16.5 Å². The Morgan fingerprint density at radius 3 is 2.68 bits per heavy atom. The zero-order valence-corrected chi connectivity index (χ0v) is 21.4. The summed E-state index contributed by atoms with van der Waals surface area (Å²) >= 11 is 7.09. The van der Waals surface area contributed by atoms with Crippen molar-refractivity contribution in [3.8, 4) is 5.75 Å². The van der Waals surface area contributed by atoms with Crippen LogP contribution in [0.5, 0.6) is 5.75 Å². The first-order valence-corrected chi connectivity index (χ1v) is 12.9. The fourth-order valence-corrected chi connectivity index (χ4v) is 5.35. The molecule has 1 fully saturated rings. The molecule has 0 bridgehead atoms. The second kappa shape index (κ2) is 10.3. The molecular weight excluding hydrogens is 515 g/mol. The fourth-order valence-electron chi connectivity index (χ4n) is 4.21. The number of aliphatic hydroxyl groups excluding tert-OH is 1. The molecule has 1 amide bonds. The molecule has 6 nitrogen and oxygen atoms in total. The number of amides is 1. The molecule has 1 atom stereocenters. The average molecular weight is 537 g/mol. The van der Waals surface area contributed by atoms with Crippen molar-refractivity contribution < 1.29 is 23.8 Å². The summed E-state index contributed by atoms with van der Waals surface area (Å²) in [5, 5.41) is 11.9. The normalized spacial score (nSPS) is 17.1.